The monoisotopic (exact) mass is 382 g/mol. The summed E-state index contributed by atoms with van der Waals surface area (Å²) in [6, 6.07) is 6.01. The fourth-order valence-corrected chi connectivity index (χ4v) is 3.99. The molecule has 3 rings (SSSR count). The molecule has 0 saturated heterocycles. The van der Waals surface area contributed by atoms with Crippen molar-refractivity contribution in [2.45, 2.75) is 70.1 Å². The number of benzene rings is 1. The number of nitrogens with one attached hydrogen (secondary N) is 1. The SMILES string of the molecule is COc1cccc(CNC(=O)C[C@@H]2CCC[C@H]2N)c1OC1CCCC1.Cl. The molecule has 26 heavy (non-hydrogen) atoms. The van der Waals surface area contributed by atoms with Crippen LogP contribution >= 0.6 is 12.4 Å². The van der Waals surface area contributed by atoms with Crippen molar-refractivity contribution in [2.75, 3.05) is 7.11 Å². The molecule has 0 heterocycles. The van der Waals surface area contributed by atoms with E-state index in [1.54, 1.807) is 7.11 Å². The predicted octanol–water partition coefficient (Wildman–Crippen LogP) is 3.57. The largest absolute Gasteiger partial charge is 0.493 e. The standard InChI is InChI=1S/C20H30N2O3.ClH/c1-24-18-11-5-7-15(20(18)25-16-8-2-3-9-16)13-22-19(23)12-14-6-4-10-17(14)21;/h5,7,11,14,16-17H,2-4,6,8-10,12-13,21H2,1H3,(H,22,23);1H/t14-,17+;/m0./s1. The van der Waals surface area contributed by atoms with Gasteiger partial charge in [-0.25, -0.2) is 0 Å². The van der Waals surface area contributed by atoms with Crippen LogP contribution in [0.2, 0.25) is 0 Å². The van der Waals surface area contributed by atoms with Crippen molar-refractivity contribution in [1.82, 2.24) is 5.32 Å². The second-order valence-electron chi connectivity index (χ2n) is 7.31. The smallest absolute Gasteiger partial charge is 0.220 e. The van der Waals surface area contributed by atoms with Crippen LogP contribution in [0, 0.1) is 5.92 Å². The zero-order valence-electron chi connectivity index (χ0n) is 15.5. The highest BCUT2D eigenvalue weighted by atomic mass is 35.5. The van der Waals surface area contributed by atoms with E-state index in [-0.39, 0.29) is 30.5 Å². The van der Waals surface area contributed by atoms with Crippen molar-refractivity contribution in [1.29, 1.82) is 0 Å². The maximum atomic E-state index is 12.3. The molecule has 0 unspecified atom stereocenters. The van der Waals surface area contributed by atoms with Crippen molar-refractivity contribution in [2.24, 2.45) is 11.7 Å². The Morgan fingerprint density at radius 1 is 1.19 bits per heavy atom. The minimum absolute atomic E-state index is 0. The van der Waals surface area contributed by atoms with Crippen LogP contribution < -0.4 is 20.5 Å². The maximum Gasteiger partial charge on any atom is 0.220 e. The number of para-hydroxylation sites is 1. The maximum absolute atomic E-state index is 12.3. The van der Waals surface area contributed by atoms with Gasteiger partial charge in [0.05, 0.1) is 13.2 Å². The summed E-state index contributed by atoms with van der Waals surface area (Å²) in [5.74, 6) is 1.89. The van der Waals surface area contributed by atoms with Crippen LogP contribution in [0.4, 0.5) is 0 Å². The number of carbonyl (C=O) groups is 1. The van der Waals surface area contributed by atoms with Gasteiger partial charge in [0.1, 0.15) is 0 Å². The summed E-state index contributed by atoms with van der Waals surface area (Å²) in [6.07, 6.45) is 8.60. The number of hydrogen-bond donors (Lipinski definition) is 2. The van der Waals surface area contributed by atoms with Crippen LogP contribution in [0.5, 0.6) is 11.5 Å². The summed E-state index contributed by atoms with van der Waals surface area (Å²) in [5, 5.41) is 3.03. The summed E-state index contributed by atoms with van der Waals surface area (Å²) < 4.78 is 11.7. The molecule has 0 radical (unpaired) electrons. The van der Waals surface area contributed by atoms with Crippen LogP contribution in [0.3, 0.4) is 0 Å². The molecule has 5 nitrogen and oxygen atoms in total. The molecule has 146 valence electrons. The van der Waals surface area contributed by atoms with Gasteiger partial charge in [-0.05, 0) is 50.5 Å². The molecule has 6 heteroatoms. The molecule has 0 aliphatic heterocycles. The summed E-state index contributed by atoms with van der Waals surface area (Å²) in [5.41, 5.74) is 7.04. The molecular formula is C20H31ClN2O3. The van der Waals surface area contributed by atoms with E-state index in [2.05, 4.69) is 5.32 Å². The van der Waals surface area contributed by atoms with Gasteiger partial charge in [0, 0.05) is 24.6 Å². The Labute approximate surface area is 162 Å². The third kappa shape index (κ3) is 5.27. The number of carbonyl (C=O) groups excluding carboxylic acids is 1. The van der Waals surface area contributed by atoms with Crippen molar-refractivity contribution in [3.05, 3.63) is 23.8 Å². The lowest BCUT2D eigenvalue weighted by Crippen LogP contribution is -2.31. The van der Waals surface area contributed by atoms with Gasteiger partial charge in [-0.1, -0.05) is 18.6 Å². The van der Waals surface area contributed by atoms with Gasteiger partial charge in [0.25, 0.3) is 0 Å². The van der Waals surface area contributed by atoms with Crippen LogP contribution in [-0.4, -0.2) is 25.2 Å². The first-order valence-electron chi connectivity index (χ1n) is 9.52. The normalized spacial score (nSPS) is 22.7. The Kier molecular flexibility index (Phi) is 8.04. The lowest BCUT2D eigenvalue weighted by molar-refractivity contribution is -0.122. The minimum atomic E-state index is 0. The Morgan fingerprint density at radius 3 is 2.62 bits per heavy atom. The average Bonchev–Trinajstić information content (AvgIpc) is 3.26. The highest BCUT2D eigenvalue weighted by Gasteiger charge is 2.26. The van der Waals surface area contributed by atoms with Gasteiger partial charge < -0.3 is 20.5 Å². The molecule has 1 aromatic rings. The lowest BCUT2D eigenvalue weighted by atomic mass is 10.00. The van der Waals surface area contributed by atoms with Crippen molar-refractivity contribution in [3.63, 3.8) is 0 Å². The van der Waals surface area contributed by atoms with E-state index >= 15 is 0 Å². The van der Waals surface area contributed by atoms with E-state index in [1.807, 2.05) is 18.2 Å². The number of hydrogen-bond acceptors (Lipinski definition) is 4. The molecule has 2 aliphatic carbocycles. The number of halogens is 1. The molecular weight excluding hydrogens is 352 g/mol. The van der Waals surface area contributed by atoms with Gasteiger partial charge in [-0.15, -0.1) is 12.4 Å². The van der Waals surface area contributed by atoms with Gasteiger partial charge >= 0.3 is 0 Å². The van der Waals surface area contributed by atoms with E-state index in [0.29, 0.717) is 18.9 Å². The van der Waals surface area contributed by atoms with Crippen LogP contribution in [-0.2, 0) is 11.3 Å². The van der Waals surface area contributed by atoms with Crippen molar-refractivity contribution >= 4 is 18.3 Å². The second kappa shape index (κ2) is 10.0. The third-order valence-corrected chi connectivity index (χ3v) is 5.51. The first-order valence-corrected chi connectivity index (χ1v) is 9.52. The quantitative estimate of drug-likeness (QED) is 0.756. The molecule has 2 saturated carbocycles. The molecule has 1 amide bonds. The second-order valence-corrected chi connectivity index (χ2v) is 7.31. The van der Waals surface area contributed by atoms with Gasteiger partial charge in [0.15, 0.2) is 11.5 Å². The molecule has 0 bridgehead atoms. The lowest BCUT2D eigenvalue weighted by Gasteiger charge is -2.20. The number of methoxy groups -OCH3 is 1. The number of amides is 1. The first kappa shape index (κ1) is 20.8. The summed E-state index contributed by atoms with van der Waals surface area (Å²) in [6.45, 7) is 0.458. The molecule has 2 aliphatic rings. The highest BCUT2D eigenvalue weighted by Crippen LogP contribution is 2.35. The Hall–Kier alpha value is -1.46. The average molecular weight is 383 g/mol. The van der Waals surface area contributed by atoms with E-state index in [4.69, 9.17) is 15.2 Å². The molecule has 0 spiro atoms. The molecule has 2 fully saturated rings. The molecule has 3 N–H and O–H groups in total. The van der Waals surface area contributed by atoms with E-state index < -0.39 is 0 Å². The van der Waals surface area contributed by atoms with Gasteiger partial charge in [-0.3, -0.25) is 4.79 Å². The number of rotatable bonds is 7. The van der Waals surface area contributed by atoms with Crippen LogP contribution in [0.25, 0.3) is 0 Å². The highest BCUT2D eigenvalue weighted by molar-refractivity contribution is 5.85. The fraction of sp³-hybridized carbons (Fsp3) is 0.650. The summed E-state index contributed by atoms with van der Waals surface area (Å²) in [7, 11) is 1.65. The van der Waals surface area contributed by atoms with Crippen LogP contribution in [0.1, 0.15) is 56.9 Å². The summed E-state index contributed by atoms with van der Waals surface area (Å²) in [4.78, 5) is 12.3. The van der Waals surface area contributed by atoms with Gasteiger partial charge in [0.2, 0.25) is 5.91 Å². The van der Waals surface area contributed by atoms with E-state index in [1.165, 1.54) is 12.8 Å². The Morgan fingerprint density at radius 2 is 1.96 bits per heavy atom. The molecule has 1 aromatic carbocycles. The molecule has 0 aromatic heterocycles. The third-order valence-electron chi connectivity index (χ3n) is 5.51. The zero-order chi connectivity index (χ0) is 17.6. The summed E-state index contributed by atoms with van der Waals surface area (Å²) >= 11 is 0. The zero-order valence-corrected chi connectivity index (χ0v) is 16.4. The number of ether oxygens (including phenoxy) is 2. The van der Waals surface area contributed by atoms with Crippen molar-refractivity contribution in [3.8, 4) is 11.5 Å². The van der Waals surface area contributed by atoms with E-state index in [9.17, 15) is 4.79 Å². The molecule has 2 atom stereocenters. The fourth-order valence-electron chi connectivity index (χ4n) is 3.99. The Balaban J connectivity index is 0.00000243. The topological polar surface area (TPSA) is 73.6 Å². The first-order chi connectivity index (χ1) is 12.2. The number of nitrogens with two attached hydrogens (primary N) is 1. The minimum Gasteiger partial charge on any atom is -0.493 e. The Bertz CT molecular complexity index is 590. The van der Waals surface area contributed by atoms with E-state index in [0.717, 1.165) is 49.2 Å². The van der Waals surface area contributed by atoms with Crippen molar-refractivity contribution < 1.29 is 14.3 Å². The predicted molar refractivity (Wildman–Crippen MR) is 105 cm³/mol. The van der Waals surface area contributed by atoms with Crippen LogP contribution in [0.15, 0.2) is 18.2 Å². The van der Waals surface area contributed by atoms with Gasteiger partial charge in [-0.2, -0.15) is 0 Å².